The molecule has 0 heterocycles. The van der Waals surface area contributed by atoms with E-state index in [1.54, 1.807) is 38.3 Å². The van der Waals surface area contributed by atoms with Gasteiger partial charge in [-0.2, -0.15) is 0 Å². The van der Waals surface area contributed by atoms with E-state index in [1.165, 1.54) is 11.9 Å². The second-order valence-corrected chi connectivity index (χ2v) is 6.35. The van der Waals surface area contributed by atoms with Crippen molar-refractivity contribution in [3.63, 3.8) is 0 Å². The van der Waals surface area contributed by atoms with Crippen LogP contribution in [0.5, 0.6) is 11.5 Å². The number of carbonyl (C=O) groups is 2. The summed E-state index contributed by atoms with van der Waals surface area (Å²) in [4.78, 5) is 26.4. The Kier molecular flexibility index (Phi) is 7.49. The molecule has 0 aliphatic rings. The minimum absolute atomic E-state index is 0.203. The Morgan fingerprint density at radius 1 is 1.15 bits per heavy atom. The summed E-state index contributed by atoms with van der Waals surface area (Å²) in [7, 11) is 3.11. The molecule has 1 N–H and O–H groups in total. The van der Waals surface area contributed by atoms with Crippen LogP contribution >= 0.6 is 11.6 Å². The van der Waals surface area contributed by atoms with Crippen LogP contribution in [0.2, 0.25) is 5.02 Å². The number of benzene rings is 2. The van der Waals surface area contributed by atoms with Gasteiger partial charge in [-0.3, -0.25) is 9.59 Å². The minimum atomic E-state index is -0.656. The third-order valence-electron chi connectivity index (χ3n) is 4.06. The Hall–Kier alpha value is -2.73. The first-order valence-electron chi connectivity index (χ1n) is 8.47. The molecule has 0 spiro atoms. The molecule has 2 aromatic carbocycles. The number of hydrogen-bond donors (Lipinski definition) is 1. The highest BCUT2D eigenvalue weighted by atomic mass is 35.5. The van der Waals surface area contributed by atoms with E-state index in [1.807, 2.05) is 24.3 Å². The number of hydrogen-bond acceptors (Lipinski definition) is 4. The highest BCUT2D eigenvalue weighted by Crippen LogP contribution is 2.19. The molecule has 0 aliphatic heterocycles. The lowest BCUT2D eigenvalue weighted by Gasteiger charge is -2.28. The quantitative estimate of drug-likeness (QED) is 0.752. The highest BCUT2D eigenvalue weighted by Gasteiger charge is 2.26. The Morgan fingerprint density at radius 2 is 1.85 bits per heavy atom. The Labute approximate surface area is 164 Å². The van der Waals surface area contributed by atoms with Crippen molar-refractivity contribution in [3.05, 3.63) is 59.1 Å². The maximum atomic E-state index is 12.8. The maximum absolute atomic E-state index is 12.8. The summed E-state index contributed by atoms with van der Waals surface area (Å²) in [6.07, 6.45) is 0. The monoisotopic (exact) mass is 390 g/mol. The maximum Gasteiger partial charge on any atom is 0.261 e. The third kappa shape index (κ3) is 5.89. The molecule has 0 aromatic heterocycles. The van der Waals surface area contributed by atoms with Crippen LogP contribution in [0.15, 0.2) is 48.5 Å². The number of nitrogens with zero attached hydrogens (tertiary/aromatic N) is 1. The van der Waals surface area contributed by atoms with Crippen LogP contribution in [0.4, 0.5) is 0 Å². The van der Waals surface area contributed by atoms with Crippen LogP contribution in [0.1, 0.15) is 12.5 Å². The zero-order valence-electron chi connectivity index (χ0n) is 15.6. The molecule has 6 nitrogen and oxygen atoms in total. The van der Waals surface area contributed by atoms with Crippen LogP contribution in [0.25, 0.3) is 0 Å². The SMILES string of the molecule is CNC(=O)[C@H](C)N(Cc1cccc(OC)c1)C(=O)COc1cccc(Cl)c1. The van der Waals surface area contributed by atoms with Crippen molar-refractivity contribution >= 4 is 23.4 Å². The van der Waals surface area contributed by atoms with Crippen LogP contribution in [0, 0.1) is 0 Å². The number of methoxy groups -OCH3 is 1. The molecular weight excluding hydrogens is 368 g/mol. The van der Waals surface area contributed by atoms with E-state index >= 15 is 0 Å². The van der Waals surface area contributed by atoms with Gasteiger partial charge in [-0.25, -0.2) is 0 Å². The van der Waals surface area contributed by atoms with E-state index in [0.717, 1.165) is 5.56 Å². The molecule has 0 saturated carbocycles. The molecule has 0 fully saturated rings. The fourth-order valence-corrected chi connectivity index (χ4v) is 2.72. The van der Waals surface area contributed by atoms with Crippen LogP contribution < -0.4 is 14.8 Å². The Bertz CT molecular complexity index is 797. The second-order valence-electron chi connectivity index (χ2n) is 5.91. The van der Waals surface area contributed by atoms with E-state index in [2.05, 4.69) is 5.32 Å². The van der Waals surface area contributed by atoms with E-state index in [0.29, 0.717) is 16.5 Å². The standard InChI is InChI=1S/C20H23ClN2O4/c1-14(20(25)22-2)23(12-15-6-4-8-17(10-15)26-3)19(24)13-27-18-9-5-7-16(21)11-18/h4-11,14H,12-13H2,1-3H3,(H,22,25)/t14-/m0/s1. The lowest BCUT2D eigenvalue weighted by atomic mass is 10.1. The van der Waals surface area contributed by atoms with Crippen LogP contribution in [-0.4, -0.2) is 43.5 Å². The minimum Gasteiger partial charge on any atom is -0.497 e. The number of rotatable bonds is 8. The molecule has 2 rings (SSSR count). The van der Waals surface area contributed by atoms with Gasteiger partial charge >= 0.3 is 0 Å². The predicted molar refractivity (Wildman–Crippen MR) is 104 cm³/mol. The first-order valence-corrected chi connectivity index (χ1v) is 8.84. The van der Waals surface area contributed by atoms with Gasteiger partial charge in [-0.1, -0.05) is 29.8 Å². The summed E-state index contributed by atoms with van der Waals surface area (Å²) in [5.74, 6) is 0.607. The zero-order valence-corrected chi connectivity index (χ0v) is 16.3. The van der Waals surface area contributed by atoms with Crippen molar-refractivity contribution in [2.24, 2.45) is 0 Å². The smallest absolute Gasteiger partial charge is 0.261 e. The summed E-state index contributed by atoms with van der Waals surface area (Å²) in [6, 6.07) is 13.5. The molecule has 1 atom stereocenters. The molecule has 0 aliphatic carbocycles. The number of likely N-dealkylation sites (N-methyl/N-ethyl adjacent to an activating group) is 1. The number of nitrogens with one attached hydrogen (secondary N) is 1. The van der Waals surface area contributed by atoms with Gasteiger partial charge in [0.2, 0.25) is 5.91 Å². The molecule has 144 valence electrons. The van der Waals surface area contributed by atoms with E-state index in [9.17, 15) is 9.59 Å². The number of carbonyl (C=O) groups excluding carboxylic acids is 2. The van der Waals surface area contributed by atoms with Crippen molar-refractivity contribution in [1.82, 2.24) is 10.2 Å². The molecule has 0 bridgehead atoms. The second kappa shape index (κ2) is 9.83. The third-order valence-corrected chi connectivity index (χ3v) is 4.29. The molecule has 0 unspecified atom stereocenters. The van der Waals surface area contributed by atoms with Crippen molar-refractivity contribution < 1.29 is 19.1 Å². The van der Waals surface area contributed by atoms with E-state index in [-0.39, 0.29) is 25.0 Å². The van der Waals surface area contributed by atoms with Gasteiger partial charge in [-0.05, 0) is 42.8 Å². The van der Waals surface area contributed by atoms with Gasteiger partial charge in [0, 0.05) is 18.6 Å². The first-order chi connectivity index (χ1) is 12.9. The largest absolute Gasteiger partial charge is 0.497 e. The van der Waals surface area contributed by atoms with Crippen molar-refractivity contribution in [3.8, 4) is 11.5 Å². The van der Waals surface area contributed by atoms with Gasteiger partial charge < -0.3 is 19.7 Å². The Balaban J connectivity index is 2.15. The summed E-state index contributed by atoms with van der Waals surface area (Å²) >= 11 is 5.93. The zero-order chi connectivity index (χ0) is 19.8. The van der Waals surface area contributed by atoms with E-state index in [4.69, 9.17) is 21.1 Å². The summed E-state index contributed by atoms with van der Waals surface area (Å²) in [6.45, 7) is 1.73. The van der Waals surface area contributed by atoms with Gasteiger partial charge in [0.1, 0.15) is 17.5 Å². The van der Waals surface area contributed by atoms with Crippen LogP contribution in [0.3, 0.4) is 0 Å². The highest BCUT2D eigenvalue weighted by molar-refractivity contribution is 6.30. The van der Waals surface area contributed by atoms with Gasteiger partial charge in [0.25, 0.3) is 5.91 Å². The fraction of sp³-hybridized carbons (Fsp3) is 0.300. The van der Waals surface area contributed by atoms with Gasteiger partial charge in [0.15, 0.2) is 6.61 Å². The van der Waals surface area contributed by atoms with Crippen molar-refractivity contribution in [2.75, 3.05) is 20.8 Å². The molecular formula is C20H23ClN2O4. The summed E-state index contributed by atoms with van der Waals surface area (Å²) < 4.78 is 10.8. The average Bonchev–Trinajstić information content (AvgIpc) is 2.69. The molecule has 0 radical (unpaired) electrons. The van der Waals surface area contributed by atoms with Crippen molar-refractivity contribution in [1.29, 1.82) is 0 Å². The summed E-state index contributed by atoms with van der Waals surface area (Å²) in [5.41, 5.74) is 0.848. The van der Waals surface area contributed by atoms with Gasteiger partial charge in [0.05, 0.1) is 7.11 Å². The molecule has 2 aromatic rings. The molecule has 0 saturated heterocycles. The predicted octanol–water partition coefficient (Wildman–Crippen LogP) is 2.89. The molecule has 2 amide bonds. The lowest BCUT2D eigenvalue weighted by molar-refractivity contribution is -0.142. The average molecular weight is 391 g/mol. The Morgan fingerprint density at radius 3 is 2.52 bits per heavy atom. The lowest BCUT2D eigenvalue weighted by Crippen LogP contribution is -2.48. The van der Waals surface area contributed by atoms with Crippen molar-refractivity contribution in [2.45, 2.75) is 19.5 Å². The fourth-order valence-electron chi connectivity index (χ4n) is 2.54. The van der Waals surface area contributed by atoms with E-state index < -0.39 is 6.04 Å². The molecule has 7 heteroatoms. The number of halogens is 1. The van der Waals surface area contributed by atoms with Crippen LogP contribution in [-0.2, 0) is 16.1 Å². The number of amides is 2. The normalized spacial score (nSPS) is 11.4. The molecule has 27 heavy (non-hydrogen) atoms. The first kappa shape index (κ1) is 20.6. The van der Waals surface area contributed by atoms with Gasteiger partial charge in [-0.15, -0.1) is 0 Å². The number of ether oxygens (including phenoxy) is 2. The summed E-state index contributed by atoms with van der Waals surface area (Å²) in [5, 5.41) is 3.09. The topological polar surface area (TPSA) is 67.9 Å².